The molecule has 0 aliphatic carbocycles. The molecule has 0 saturated carbocycles. The molecule has 20 heavy (non-hydrogen) atoms. The molecule has 1 fully saturated rings. The summed E-state index contributed by atoms with van der Waals surface area (Å²) < 4.78 is 1.81. The molecule has 1 aromatic rings. The predicted molar refractivity (Wildman–Crippen MR) is 74.9 cm³/mol. The number of hydrogen-bond acceptors (Lipinski definition) is 3. The summed E-state index contributed by atoms with van der Waals surface area (Å²) in [6.07, 6.45) is 2.83. The van der Waals surface area contributed by atoms with Crippen molar-refractivity contribution in [2.75, 3.05) is 6.54 Å². The van der Waals surface area contributed by atoms with Crippen molar-refractivity contribution in [2.45, 2.75) is 45.2 Å². The molecule has 1 aliphatic rings. The monoisotopic (exact) mass is 278 g/mol. The summed E-state index contributed by atoms with van der Waals surface area (Å²) >= 11 is 0. The zero-order valence-electron chi connectivity index (χ0n) is 12.5. The molecule has 1 saturated heterocycles. The topological polar surface area (TPSA) is 67.2 Å². The molecule has 0 aromatic carbocycles. The highest BCUT2D eigenvalue weighted by atomic mass is 16.2. The van der Waals surface area contributed by atoms with E-state index in [0.717, 1.165) is 12.1 Å². The van der Waals surface area contributed by atoms with Gasteiger partial charge in [-0.05, 0) is 26.8 Å². The molecule has 2 rings (SSSR count). The zero-order chi connectivity index (χ0) is 14.9. The molecule has 6 heteroatoms. The highest BCUT2D eigenvalue weighted by Crippen LogP contribution is 2.18. The summed E-state index contributed by atoms with van der Waals surface area (Å²) in [6.45, 7) is 6.02. The lowest BCUT2D eigenvalue weighted by molar-refractivity contribution is -0.138. The smallest absolute Gasteiger partial charge is 0.248 e. The number of rotatable bonds is 3. The molecule has 6 nitrogen and oxygen atoms in total. The van der Waals surface area contributed by atoms with Crippen molar-refractivity contribution in [3.05, 3.63) is 18.0 Å². The van der Waals surface area contributed by atoms with Gasteiger partial charge in [-0.1, -0.05) is 0 Å². The number of amides is 2. The van der Waals surface area contributed by atoms with Gasteiger partial charge in [0, 0.05) is 44.4 Å². The first-order valence-electron chi connectivity index (χ1n) is 6.90. The first-order valence-corrected chi connectivity index (χ1v) is 6.90. The van der Waals surface area contributed by atoms with E-state index in [2.05, 4.69) is 10.4 Å². The van der Waals surface area contributed by atoms with Crippen LogP contribution in [0.5, 0.6) is 0 Å². The van der Waals surface area contributed by atoms with Gasteiger partial charge in [0.1, 0.15) is 5.54 Å². The SMILES string of the molecule is CC1CC(=O)NC(C)(C)C(=O)N1CCc1ccnn1C. The molecule has 2 heterocycles. The van der Waals surface area contributed by atoms with Gasteiger partial charge in [-0.25, -0.2) is 0 Å². The van der Waals surface area contributed by atoms with E-state index < -0.39 is 5.54 Å². The Bertz CT molecular complexity index is 521. The molecule has 1 N–H and O–H groups in total. The lowest BCUT2D eigenvalue weighted by Crippen LogP contribution is -2.54. The highest BCUT2D eigenvalue weighted by Gasteiger charge is 2.39. The van der Waals surface area contributed by atoms with Gasteiger partial charge in [-0.15, -0.1) is 0 Å². The Kier molecular flexibility index (Phi) is 3.83. The molecule has 1 aromatic heterocycles. The van der Waals surface area contributed by atoms with E-state index in [1.807, 2.05) is 24.7 Å². The third-order valence-corrected chi connectivity index (χ3v) is 3.79. The van der Waals surface area contributed by atoms with E-state index in [4.69, 9.17) is 0 Å². The fraction of sp³-hybridized carbons (Fsp3) is 0.643. The average Bonchev–Trinajstić information content (AvgIpc) is 2.70. The quantitative estimate of drug-likeness (QED) is 0.874. The number of aryl methyl sites for hydroxylation is 1. The summed E-state index contributed by atoms with van der Waals surface area (Å²) in [5, 5.41) is 6.91. The Morgan fingerprint density at radius 1 is 1.45 bits per heavy atom. The van der Waals surface area contributed by atoms with Gasteiger partial charge in [0.05, 0.1) is 0 Å². The number of hydrogen-bond donors (Lipinski definition) is 1. The van der Waals surface area contributed by atoms with Crippen molar-refractivity contribution >= 4 is 11.8 Å². The van der Waals surface area contributed by atoms with Gasteiger partial charge < -0.3 is 10.2 Å². The molecule has 0 spiro atoms. The third kappa shape index (κ3) is 2.84. The van der Waals surface area contributed by atoms with Gasteiger partial charge >= 0.3 is 0 Å². The lowest BCUT2D eigenvalue weighted by Gasteiger charge is -2.32. The van der Waals surface area contributed by atoms with Crippen molar-refractivity contribution < 1.29 is 9.59 Å². The van der Waals surface area contributed by atoms with Crippen molar-refractivity contribution in [1.29, 1.82) is 0 Å². The maximum atomic E-state index is 12.6. The number of carbonyl (C=O) groups is 2. The van der Waals surface area contributed by atoms with Gasteiger partial charge in [0.25, 0.3) is 0 Å². The molecule has 0 bridgehead atoms. The Hall–Kier alpha value is -1.85. The second-order valence-electron chi connectivity index (χ2n) is 5.92. The molecule has 110 valence electrons. The first-order chi connectivity index (χ1) is 9.31. The molecule has 0 radical (unpaired) electrons. The third-order valence-electron chi connectivity index (χ3n) is 3.79. The van der Waals surface area contributed by atoms with Crippen molar-refractivity contribution in [2.24, 2.45) is 7.05 Å². The first kappa shape index (κ1) is 14.6. The summed E-state index contributed by atoms with van der Waals surface area (Å²) in [6, 6.07) is 1.86. The summed E-state index contributed by atoms with van der Waals surface area (Å²) in [5.74, 6) is -0.100. The number of nitrogens with zero attached hydrogens (tertiary/aromatic N) is 3. The average molecular weight is 278 g/mol. The van der Waals surface area contributed by atoms with Crippen molar-refractivity contribution in [3.8, 4) is 0 Å². The Morgan fingerprint density at radius 3 is 2.75 bits per heavy atom. The van der Waals surface area contributed by atoms with Gasteiger partial charge in [0.2, 0.25) is 11.8 Å². The fourth-order valence-electron chi connectivity index (χ4n) is 2.59. The van der Waals surface area contributed by atoms with Crippen LogP contribution in [0.3, 0.4) is 0 Å². The van der Waals surface area contributed by atoms with Crippen LogP contribution < -0.4 is 5.32 Å². The molecule has 1 unspecified atom stereocenters. The highest BCUT2D eigenvalue weighted by molar-refractivity contribution is 5.93. The minimum Gasteiger partial charge on any atom is -0.342 e. The largest absolute Gasteiger partial charge is 0.342 e. The fourth-order valence-corrected chi connectivity index (χ4v) is 2.59. The van der Waals surface area contributed by atoms with Crippen LogP contribution in [0.4, 0.5) is 0 Å². The van der Waals surface area contributed by atoms with Crippen molar-refractivity contribution in [3.63, 3.8) is 0 Å². The summed E-state index contributed by atoms with van der Waals surface area (Å²) in [7, 11) is 1.89. The minimum atomic E-state index is -0.839. The van der Waals surface area contributed by atoms with Crippen LogP contribution in [0.2, 0.25) is 0 Å². The number of aromatic nitrogens is 2. The van der Waals surface area contributed by atoms with Crippen LogP contribution in [-0.2, 0) is 23.1 Å². The molecule has 1 aliphatic heterocycles. The van der Waals surface area contributed by atoms with E-state index in [0.29, 0.717) is 13.0 Å². The van der Waals surface area contributed by atoms with E-state index in [-0.39, 0.29) is 17.9 Å². The predicted octanol–water partition coefficient (Wildman–Crippen LogP) is 0.478. The van der Waals surface area contributed by atoms with Crippen LogP contribution in [0.25, 0.3) is 0 Å². The molecule has 1 atom stereocenters. The second-order valence-corrected chi connectivity index (χ2v) is 5.92. The standard InChI is InChI=1S/C14H22N4O2/c1-10-9-12(19)16-14(2,3)13(20)18(10)8-6-11-5-7-15-17(11)4/h5,7,10H,6,8-9H2,1-4H3,(H,16,19). The maximum absolute atomic E-state index is 12.6. The van der Waals surface area contributed by atoms with E-state index >= 15 is 0 Å². The Labute approximate surface area is 119 Å². The Morgan fingerprint density at radius 2 is 2.15 bits per heavy atom. The van der Waals surface area contributed by atoms with E-state index in [1.54, 1.807) is 24.9 Å². The number of carbonyl (C=O) groups excluding carboxylic acids is 2. The molecular weight excluding hydrogens is 256 g/mol. The molecular formula is C14H22N4O2. The van der Waals surface area contributed by atoms with Crippen LogP contribution in [-0.4, -0.2) is 44.6 Å². The minimum absolute atomic E-state index is 0.0296. The maximum Gasteiger partial charge on any atom is 0.248 e. The van der Waals surface area contributed by atoms with Crippen LogP contribution >= 0.6 is 0 Å². The summed E-state index contributed by atoms with van der Waals surface area (Å²) in [4.78, 5) is 26.1. The van der Waals surface area contributed by atoms with Crippen LogP contribution in [0, 0.1) is 0 Å². The molecule has 2 amide bonds. The van der Waals surface area contributed by atoms with E-state index in [9.17, 15) is 9.59 Å². The number of nitrogens with one attached hydrogen (secondary N) is 1. The van der Waals surface area contributed by atoms with Gasteiger partial charge in [0.15, 0.2) is 0 Å². The summed E-state index contributed by atoms with van der Waals surface area (Å²) in [5.41, 5.74) is 0.236. The second kappa shape index (κ2) is 5.26. The zero-order valence-corrected chi connectivity index (χ0v) is 12.5. The van der Waals surface area contributed by atoms with Gasteiger partial charge in [-0.3, -0.25) is 14.3 Å². The van der Waals surface area contributed by atoms with E-state index in [1.165, 1.54) is 0 Å². The lowest BCUT2D eigenvalue weighted by atomic mass is 10.0. The van der Waals surface area contributed by atoms with Gasteiger partial charge in [-0.2, -0.15) is 5.10 Å². The van der Waals surface area contributed by atoms with Crippen LogP contribution in [0.15, 0.2) is 12.3 Å². The van der Waals surface area contributed by atoms with Crippen molar-refractivity contribution in [1.82, 2.24) is 20.0 Å². The normalized spacial score (nSPS) is 22.6. The Balaban J connectivity index is 2.13. The van der Waals surface area contributed by atoms with Crippen LogP contribution in [0.1, 0.15) is 32.9 Å².